The number of aromatic nitrogens is 4. The molecule has 11 aromatic rings. The van der Waals surface area contributed by atoms with Gasteiger partial charge >= 0.3 is 256 Å². The number of hydrogen-bond acceptors (Lipinski definition) is 2. The van der Waals surface area contributed by atoms with Crippen LogP contribution in [0.2, 0.25) is 11.5 Å². The zero-order valence-electron chi connectivity index (χ0n) is 37.9. The predicted octanol–water partition coefficient (Wildman–Crippen LogP) is 13.4. The van der Waals surface area contributed by atoms with Gasteiger partial charge in [-0.15, -0.1) is 0 Å². The largest absolute Gasteiger partial charge is 0.0592 e. The summed E-state index contributed by atoms with van der Waals surface area (Å²) >= 11 is -2.62. The van der Waals surface area contributed by atoms with Gasteiger partial charge in [-0.3, -0.25) is 4.57 Å². The molecule has 0 saturated heterocycles. The van der Waals surface area contributed by atoms with Crippen molar-refractivity contribution in [1.29, 1.82) is 0 Å². The second-order valence-electron chi connectivity index (χ2n) is 18.7. The number of para-hydroxylation sites is 4. The van der Waals surface area contributed by atoms with Gasteiger partial charge in [0.15, 0.2) is 0 Å². The molecule has 0 aliphatic heterocycles. The Labute approximate surface area is 389 Å². The number of fused-ring (bicyclic) bond motifs is 4. The first kappa shape index (κ1) is 41.2. The van der Waals surface area contributed by atoms with Gasteiger partial charge in [0.05, 0.1) is 11.0 Å². The Morgan fingerprint density at radius 1 is 0.530 bits per heavy atom. The average Bonchev–Trinajstić information content (AvgIpc) is 3.90. The summed E-state index contributed by atoms with van der Waals surface area (Å²) in [4.78, 5) is 4.89. The molecule has 0 fully saturated rings. The second-order valence-corrected chi connectivity index (χ2v) is 27.9. The molecule has 0 N–H and O–H groups in total. The summed E-state index contributed by atoms with van der Waals surface area (Å²) in [5.74, 6) is 7.35. The van der Waals surface area contributed by atoms with Crippen molar-refractivity contribution in [3.8, 4) is 50.9 Å². The van der Waals surface area contributed by atoms with Gasteiger partial charge in [-0.25, -0.2) is 4.98 Å². The Kier molecular flexibility index (Phi) is 10.3. The third kappa shape index (κ3) is 7.39. The van der Waals surface area contributed by atoms with Crippen LogP contribution in [0.15, 0.2) is 212 Å². The van der Waals surface area contributed by atoms with E-state index in [9.17, 15) is 0 Å². The fourth-order valence-corrected chi connectivity index (χ4v) is 14.5. The van der Waals surface area contributed by atoms with E-state index in [1.807, 2.05) is 12.3 Å². The summed E-state index contributed by atoms with van der Waals surface area (Å²) in [6.45, 7) is 6.71. The maximum Gasteiger partial charge on any atom is 0.0592 e. The SMILES string of the molecule is CC(C)(C)c1ccnc(-n2c3ccccc3c3ccc(Oc4cccc(-n5[c-][n+](-c6c(-c7ccccc7)cccc6-c6ccc[c]([Ge]([CH3])([CH3])[c]7ccccc7)c6)c6ccccc65)c4)cc32)c1. The van der Waals surface area contributed by atoms with Crippen LogP contribution < -0.4 is 18.1 Å². The quantitative estimate of drug-likeness (QED) is 0.0822. The number of ether oxygens (including phenoxy) is 1. The van der Waals surface area contributed by atoms with Gasteiger partial charge in [0.1, 0.15) is 11.6 Å². The number of hydrogen-bond donors (Lipinski definition) is 0. The maximum absolute atomic E-state index is 6.78. The summed E-state index contributed by atoms with van der Waals surface area (Å²) in [5, 5.41) is 2.33. The monoisotopic (exact) mass is 916 g/mol. The Bertz CT molecular complexity index is 3580. The minimum atomic E-state index is -2.62. The fraction of sp³-hybridized carbons (Fsp3) is 0.100. The van der Waals surface area contributed by atoms with Crippen LogP contribution in [-0.4, -0.2) is 27.4 Å². The van der Waals surface area contributed by atoms with E-state index < -0.39 is 13.3 Å². The Morgan fingerprint density at radius 3 is 1.97 bits per heavy atom. The standard InChI is InChI=1S/C60H50GeN4O/c1-60(2,3)44-35-36-62-58(38-44)65-54-30-13-12-27-52(54)53-34-33-49(40-57(53)65)66-48-26-17-25-47(39-48)63-41-64(56-32-15-14-31-55(56)63)59-50(42-19-8-6-9-20-42)28-18-29-51(59)43-21-16-24-46(37-43)61(4,5)45-22-10-7-11-23-45/h6-40H,1-5H3. The third-order valence-electron chi connectivity index (χ3n) is 13.1. The van der Waals surface area contributed by atoms with Crippen LogP contribution in [0.5, 0.6) is 11.5 Å². The van der Waals surface area contributed by atoms with E-state index in [0.29, 0.717) is 0 Å². The Hall–Kier alpha value is -7.48. The topological polar surface area (TPSA) is 35.9 Å². The molecule has 6 heteroatoms. The minimum absolute atomic E-state index is 0.0151. The van der Waals surface area contributed by atoms with Crippen molar-refractivity contribution in [2.75, 3.05) is 0 Å². The molecule has 0 aliphatic carbocycles. The van der Waals surface area contributed by atoms with Crippen LogP contribution in [0.4, 0.5) is 0 Å². The van der Waals surface area contributed by atoms with E-state index in [1.54, 1.807) is 0 Å². The van der Waals surface area contributed by atoms with Crippen molar-refractivity contribution in [3.05, 3.63) is 224 Å². The van der Waals surface area contributed by atoms with Gasteiger partial charge in [0.2, 0.25) is 0 Å². The Balaban J connectivity index is 1.02. The van der Waals surface area contributed by atoms with Gasteiger partial charge in [-0.1, -0.05) is 39.0 Å². The molecular formula is C60H50GeN4O. The van der Waals surface area contributed by atoms with Crippen molar-refractivity contribution >= 4 is 54.9 Å². The first-order valence-corrected chi connectivity index (χ1v) is 29.0. The fourth-order valence-electron chi connectivity index (χ4n) is 9.47. The zero-order valence-corrected chi connectivity index (χ0v) is 40.0. The molecule has 0 atom stereocenters. The van der Waals surface area contributed by atoms with Gasteiger partial charge in [0, 0.05) is 23.0 Å². The van der Waals surface area contributed by atoms with Gasteiger partial charge in [-0.2, -0.15) is 0 Å². The number of benzene rings is 8. The molecule has 0 aliphatic rings. The molecule has 3 aromatic heterocycles. The zero-order chi connectivity index (χ0) is 45.0. The molecule has 320 valence electrons. The van der Waals surface area contributed by atoms with Crippen LogP contribution in [0.3, 0.4) is 0 Å². The molecular weight excluding hydrogens is 865 g/mol. The molecule has 0 spiro atoms. The Morgan fingerprint density at radius 2 is 1.17 bits per heavy atom. The molecule has 5 nitrogen and oxygen atoms in total. The predicted molar refractivity (Wildman–Crippen MR) is 275 cm³/mol. The van der Waals surface area contributed by atoms with Gasteiger partial charge in [0.25, 0.3) is 0 Å². The van der Waals surface area contributed by atoms with E-state index in [-0.39, 0.29) is 5.41 Å². The molecule has 0 bridgehead atoms. The van der Waals surface area contributed by atoms with E-state index in [1.165, 1.54) is 25.3 Å². The van der Waals surface area contributed by atoms with E-state index in [2.05, 4.69) is 253 Å². The number of imidazole rings is 1. The van der Waals surface area contributed by atoms with Crippen molar-refractivity contribution < 1.29 is 9.30 Å². The summed E-state index contributed by atoms with van der Waals surface area (Å²) in [6, 6.07) is 73.8. The number of rotatable bonds is 9. The molecule has 0 radical (unpaired) electrons. The van der Waals surface area contributed by atoms with Crippen LogP contribution in [0, 0.1) is 6.33 Å². The van der Waals surface area contributed by atoms with E-state index >= 15 is 0 Å². The van der Waals surface area contributed by atoms with Gasteiger partial charge in [-0.05, 0) is 41.3 Å². The van der Waals surface area contributed by atoms with Crippen molar-refractivity contribution in [1.82, 2.24) is 14.1 Å². The molecule has 3 heterocycles. The van der Waals surface area contributed by atoms with Crippen molar-refractivity contribution in [3.63, 3.8) is 0 Å². The van der Waals surface area contributed by atoms with E-state index in [0.717, 1.165) is 72.8 Å². The molecule has 0 amide bonds. The minimum Gasteiger partial charge on any atom is -0.0149 e. The number of nitrogens with zero attached hydrogens (tertiary/aromatic N) is 4. The first-order chi connectivity index (χ1) is 32.1. The molecule has 11 rings (SSSR count). The second kappa shape index (κ2) is 16.5. The normalized spacial score (nSPS) is 12.0. The summed E-state index contributed by atoms with van der Waals surface area (Å²) in [5.41, 5.74) is 12.1. The smallest absolute Gasteiger partial charge is 0.0149 e. The molecule has 0 saturated carbocycles. The molecule has 8 aromatic carbocycles. The first-order valence-electron chi connectivity index (χ1n) is 22.7. The molecule has 0 unspecified atom stereocenters. The summed E-state index contributed by atoms with van der Waals surface area (Å²) < 4.78 is 16.4. The van der Waals surface area contributed by atoms with Crippen molar-refractivity contribution in [2.45, 2.75) is 37.7 Å². The van der Waals surface area contributed by atoms with Gasteiger partial charge < -0.3 is 0 Å². The van der Waals surface area contributed by atoms with Crippen LogP contribution in [-0.2, 0) is 5.41 Å². The number of pyridine rings is 1. The van der Waals surface area contributed by atoms with Crippen molar-refractivity contribution in [2.24, 2.45) is 0 Å². The van der Waals surface area contributed by atoms with Crippen LogP contribution in [0.1, 0.15) is 26.3 Å². The molecule has 66 heavy (non-hydrogen) atoms. The summed E-state index contributed by atoms with van der Waals surface area (Å²) in [6.07, 6.45) is 5.78. The maximum atomic E-state index is 6.78. The third-order valence-corrected chi connectivity index (χ3v) is 20.5. The van der Waals surface area contributed by atoms with Crippen LogP contribution >= 0.6 is 0 Å². The summed E-state index contributed by atoms with van der Waals surface area (Å²) in [7, 11) is 0. The average molecular weight is 916 g/mol. The van der Waals surface area contributed by atoms with E-state index in [4.69, 9.17) is 9.72 Å². The van der Waals surface area contributed by atoms with Crippen LogP contribution in [0.25, 0.3) is 72.3 Å².